The van der Waals surface area contributed by atoms with E-state index < -0.39 is 5.60 Å². The van der Waals surface area contributed by atoms with E-state index in [2.05, 4.69) is 58.6 Å². The number of aryl methyl sites for hydroxylation is 1. The van der Waals surface area contributed by atoms with E-state index in [1.54, 1.807) is 0 Å². The van der Waals surface area contributed by atoms with Crippen molar-refractivity contribution < 1.29 is 9.53 Å². The standard InChI is InChI=1S/C20H31BrN2O2/c1-6-20(7-2,23-18(24)25-19(3,4)5)13-22-17-11-8-14-12-15(21)9-10-16(14)17/h9-10,12,17,22H,6-8,11,13H2,1-5H3,(H,23,24). The molecule has 1 unspecified atom stereocenters. The predicted octanol–water partition coefficient (Wildman–Crippen LogP) is 5.11. The molecule has 1 aliphatic rings. The van der Waals surface area contributed by atoms with Crippen LogP contribution in [-0.2, 0) is 11.2 Å². The lowest BCUT2D eigenvalue weighted by Gasteiger charge is -2.35. The minimum absolute atomic E-state index is 0.291. The van der Waals surface area contributed by atoms with Gasteiger partial charge in [-0.2, -0.15) is 0 Å². The lowest BCUT2D eigenvalue weighted by Crippen LogP contribution is -2.55. The molecule has 0 heterocycles. The smallest absolute Gasteiger partial charge is 0.408 e. The Morgan fingerprint density at radius 3 is 2.56 bits per heavy atom. The minimum atomic E-state index is -0.484. The second kappa shape index (κ2) is 8.09. The van der Waals surface area contributed by atoms with E-state index in [9.17, 15) is 4.79 Å². The van der Waals surface area contributed by atoms with Gasteiger partial charge in [-0.25, -0.2) is 4.79 Å². The molecule has 5 heteroatoms. The molecule has 25 heavy (non-hydrogen) atoms. The molecule has 1 aromatic rings. The molecular formula is C20H31BrN2O2. The molecule has 140 valence electrons. The molecule has 0 aromatic heterocycles. The molecule has 0 spiro atoms. The highest BCUT2D eigenvalue weighted by Crippen LogP contribution is 2.33. The van der Waals surface area contributed by atoms with Crippen LogP contribution in [0.3, 0.4) is 0 Å². The Hall–Kier alpha value is -1.07. The molecule has 1 atom stereocenters. The van der Waals surface area contributed by atoms with Crippen LogP contribution in [0.2, 0.25) is 0 Å². The number of benzene rings is 1. The zero-order chi connectivity index (χ0) is 18.7. The van der Waals surface area contributed by atoms with E-state index in [0.29, 0.717) is 6.04 Å². The number of hydrogen-bond donors (Lipinski definition) is 2. The Labute approximate surface area is 160 Å². The van der Waals surface area contributed by atoms with Gasteiger partial charge in [0, 0.05) is 17.1 Å². The van der Waals surface area contributed by atoms with E-state index in [1.807, 2.05) is 20.8 Å². The highest BCUT2D eigenvalue weighted by molar-refractivity contribution is 9.10. The third-order valence-electron chi connectivity index (χ3n) is 4.99. The zero-order valence-corrected chi connectivity index (χ0v) is 17.6. The molecule has 4 nitrogen and oxygen atoms in total. The average molecular weight is 411 g/mol. The molecule has 2 rings (SSSR count). The summed E-state index contributed by atoms with van der Waals surface area (Å²) in [6.45, 7) is 10.6. The first kappa shape index (κ1) is 20.2. The van der Waals surface area contributed by atoms with Gasteiger partial charge in [-0.05, 0) is 69.7 Å². The highest BCUT2D eigenvalue weighted by Gasteiger charge is 2.32. The summed E-state index contributed by atoms with van der Waals surface area (Å²) in [6, 6.07) is 6.86. The Balaban J connectivity index is 2.02. The fraction of sp³-hybridized carbons (Fsp3) is 0.650. The molecule has 1 aliphatic carbocycles. The number of rotatable bonds is 6. The van der Waals surface area contributed by atoms with Crippen LogP contribution in [0.1, 0.15) is 71.0 Å². The average Bonchev–Trinajstić information content (AvgIpc) is 2.92. The largest absolute Gasteiger partial charge is 0.444 e. The Morgan fingerprint density at radius 1 is 1.28 bits per heavy atom. The summed E-state index contributed by atoms with van der Waals surface area (Å²) < 4.78 is 6.59. The Bertz CT molecular complexity index is 606. The molecule has 0 radical (unpaired) electrons. The number of alkyl carbamates (subject to hydrolysis) is 1. The Morgan fingerprint density at radius 2 is 1.96 bits per heavy atom. The molecule has 1 aromatic carbocycles. The summed E-state index contributed by atoms with van der Waals surface area (Å²) in [5, 5.41) is 6.79. The van der Waals surface area contributed by atoms with Crippen LogP contribution in [0.25, 0.3) is 0 Å². The van der Waals surface area contributed by atoms with Crippen molar-refractivity contribution in [3.8, 4) is 0 Å². The van der Waals surface area contributed by atoms with Gasteiger partial charge in [-0.15, -0.1) is 0 Å². The van der Waals surface area contributed by atoms with Crippen LogP contribution in [-0.4, -0.2) is 23.8 Å². The lowest BCUT2D eigenvalue weighted by atomic mass is 9.92. The number of hydrogen-bond acceptors (Lipinski definition) is 3. The van der Waals surface area contributed by atoms with Crippen LogP contribution in [0.4, 0.5) is 4.79 Å². The monoisotopic (exact) mass is 410 g/mol. The minimum Gasteiger partial charge on any atom is -0.444 e. The van der Waals surface area contributed by atoms with Gasteiger partial charge in [-0.3, -0.25) is 0 Å². The van der Waals surface area contributed by atoms with Gasteiger partial charge in [0.2, 0.25) is 0 Å². The number of nitrogens with one attached hydrogen (secondary N) is 2. The fourth-order valence-corrected chi connectivity index (χ4v) is 3.77. The second-order valence-electron chi connectivity index (χ2n) is 7.93. The maximum Gasteiger partial charge on any atom is 0.408 e. The first-order valence-electron chi connectivity index (χ1n) is 9.21. The summed E-state index contributed by atoms with van der Waals surface area (Å²) >= 11 is 3.55. The summed E-state index contributed by atoms with van der Waals surface area (Å²) in [5.74, 6) is 0. The van der Waals surface area contributed by atoms with Gasteiger partial charge < -0.3 is 15.4 Å². The van der Waals surface area contributed by atoms with E-state index >= 15 is 0 Å². The number of fused-ring (bicyclic) bond motifs is 1. The van der Waals surface area contributed by atoms with E-state index in [-0.39, 0.29) is 11.6 Å². The molecule has 0 saturated carbocycles. The maximum atomic E-state index is 12.3. The second-order valence-corrected chi connectivity index (χ2v) is 8.85. The van der Waals surface area contributed by atoms with Gasteiger partial charge in [0.25, 0.3) is 0 Å². The summed E-state index contributed by atoms with van der Waals surface area (Å²) in [7, 11) is 0. The highest BCUT2D eigenvalue weighted by atomic mass is 79.9. The van der Waals surface area contributed by atoms with Crippen molar-refractivity contribution in [3.05, 3.63) is 33.8 Å². The van der Waals surface area contributed by atoms with Crippen molar-refractivity contribution >= 4 is 22.0 Å². The van der Waals surface area contributed by atoms with E-state index in [4.69, 9.17) is 4.74 Å². The van der Waals surface area contributed by atoms with E-state index in [1.165, 1.54) is 11.1 Å². The zero-order valence-electron chi connectivity index (χ0n) is 16.0. The first-order valence-corrected chi connectivity index (χ1v) is 10.00. The molecular weight excluding hydrogens is 380 g/mol. The number of carbonyl (C=O) groups excluding carboxylic acids is 1. The number of carbonyl (C=O) groups is 1. The number of ether oxygens (including phenoxy) is 1. The third-order valence-corrected chi connectivity index (χ3v) is 5.48. The van der Waals surface area contributed by atoms with Crippen molar-refractivity contribution in [2.75, 3.05) is 6.54 Å². The Kier molecular flexibility index (Phi) is 6.55. The maximum absolute atomic E-state index is 12.3. The molecule has 0 fully saturated rings. The summed E-state index contributed by atoms with van der Waals surface area (Å²) in [4.78, 5) is 12.3. The summed E-state index contributed by atoms with van der Waals surface area (Å²) in [5.41, 5.74) is 2.01. The first-order chi connectivity index (χ1) is 11.7. The van der Waals surface area contributed by atoms with Crippen LogP contribution >= 0.6 is 15.9 Å². The van der Waals surface area contributed by atoms with Gasteiger partial charge >= 0.3 is 6.09 Å². The fourth-order valence-electron chi connectivity index (χ4n) is 3.36. The van der Waals surface area contributed by atoms with Gasteiger partial charge in [0.1, 0.15) is 5.60 Å². The SMILES string of the molecule is CCC(CC)(CNC1CCc2cc(Br)ccc21)NC(=O)OC(C)(C)C. The van der Waals surface area contributed by atoms with E-state index in [0.717, 1.165) is 36.7 Å². The third kappa shape index (κ3) is 5.45. The normalized spacial score (nSPS) is 17.3. The molecule has 0 bridgehead atoms. The summed E-state index contributed by atoms with van der Waals surface area (Å²) in [6.07, 6.45) is 3.57. The quantitative estimate of drug-likeness (QED) is 0.684. The van der Waals surface area contributed by atoms with Crippen molar-refractivity contribution in [2.24, 2.45) is 0 Å². The van der Waals surface area contributed by atoms with Crippen molar-refractivity contribution in [1.82, 2.24) is 10.6 Å². The van der Waals surface area contributed by atoms with Crippen LogP contribution in [0.5, 0.6) is 0 Å². The van der Waals surface area contributed by atoms with Crippen molar-refractivity contribution in [3.63, 3.8) is 0 Å². The number of halogens is 1. The van der Waals surface area contributed by atoms with Crippen LogP contribution < -0.4 is 10.6 Å². The lowest BCUT2D eigenvalue weighted by molar-refractivity contribution is 0.0444. The van der Waals surface area contributed by atoms with Crippen molar-refractivity contribution in [1.29, 1.82) is 0 Å². The molecule has 1 amide bonds. The van der Waals surface area contributed by atoms with Crippen molar-refractivity contribution in [2.45, 2.75) is 77.5 Å². The number of amides is 1. The van der Waals surface area contributed by atoms with Gasteiger partial charge in [0.05, 0.1) is 5.54 Å². The molecule has 0 aliphatic heterocycles. The molecule has 0 saturated heterocycles. The van der Waals surface area contributed by atoms with Gasteiger partial charge in [-0.1, -0.05) is 35.8 Å². The van der Waals surface area contributed by atoms with Crippen LogP contribution in [0, 0.1) is 0 Å². The van der Waals surface area contributed by atoms with Crippen LogP contribution in [0.15, 0.2) is 22.7 Å². The van der Waals surface area contributed by atoms with Gasteiger partial charge in [0.15, 0.2) is 0 Å². The topological polar surface area (TPSA) is 50.4 Å². The predicted molar refractivity (Wildman–Crippen MR) is 106 cm³/mol. The molecule has 2 N–H and O–H groups in total.